The average molecular weight is 641 g/mol. The van der Waals surface area contributed by atoms with Crippen LogP contribution in [-0.4, -0.2) is 73.7 Å². The van der Waals surface area contributed by atoms with Gasteiger partial charge in [0, 0.05) is 30.4 Å². The third-order valence-electron chi connectivity index (χ3n) is 7.68. The molecule has 1 fully saturated rings. The molecule has 4 aromatic rings. The second-order valence-corrected chi connectivity index (χ2v) is 11.2. The van der Waals surface area contributed by atoms with Crippen molar-refractivity contribution < 1.29 is 18.0 Å². The summed E-state index contributed by atoms with van der Waals surface area (Å²) in [5.74, 6) is 1.25. The Balaban J connectivity index is 1.36. The van der Waals surface area contributed by atoms with E-state index in [0.717, 1.165) is 30.5 Å². The molecule has 0 aliphatic carbocycles. The summed E-state index contributed by atoms with van der Waals surface area (Å²) in [6.45, 7) is 2.60. The van der Waals surface area contributed by atoms with Crippen LogP contribution in [0.1, 0.15) is 24.0 Å². The predicted octanol–water partition coefficient (Wildman–Crippen LogP) is 5.11. The molecule has 1 saturated heterocycles. The van der Waals surface area contributed by atoms with Crippen LogP contribution in [0.3, 0.4) is 0 Å². The quantitative estimate of drug-likeness (QED) is 0.291. The van der Waals surface area contributed by atoms with E-state index in [9.17, 15) is 18.0 Å². The molecule has 17 heteroatoms. The number of nitrogens with zero attached hydrogens (tertiary/aromatic N) is 10. The number of hydrazine groups is 1. The summed E-state index contributed by atoms with van der Waals surface area (Å²) in [4.78, 5) is 43.7. The molecule has 45 heavy (non-hydrogen) atoms. The Hall–Kier alpha value is -4.83. The van der Waals surface area contributed by atoms with Crippen molar-refractivity contribution in [3.63, 3.8) is 0 Å². The maximum atomic E-state index is 13.3. The molecule has 2 unspecified atom stereocenters. The number of nitrogens with one attached hydrogen (secondary N) is 2. The lowest BCUT2D eigenvalue weighted by atomic mass is 10.0. The highest BCUT2D eigenvalue weighted by atomic mass is 35.5. The van der Waals surface area contributed by atoms with Crippen LogP contribution in [0.5, 0.6) is 0 Å². The van der Waals surface area contributed by atoms with Crippen molar-refractivity contribution in [2.45, 2.75) is 38.1 Å². The first-order chi connectivity index (χ1) is 21.5. The molecule has 0 spiro atoms. The third-order valence-corrected chi connectivity index (χ3v) is 8.01. The lowest BCUT2D eigenvalue weighted by Gasteiger charge is -2.51. The van der Waals surface area contributed by atoms with E-state index < -0.39 is 22.8 Å². The first-order valence-corrected chi connectivity index (χ1v) is 14.3. The summed E-state index contributed by atoms with van der Waals surface area (Å²) in [5.41, 5.74) is 0.636. The van der Waals surface area contributed by atoms with Crippen molar-refractivity contribution in [2.24, 2.45) is 0 Å². The van der Waals surface area contributed by atoms with E-state index in [4.69, 9.17) is 16.6 Å². The number of carbonyl (C=O) groups is 1. The summed E-state index contributed by atoms with van der Waals surface area (Å²) in [6, 6.07) is 7.86. The van der Waals surface area contributed by atoms with Crippen LogP contribution in [0.2, 0.25) is 5.02 Å². The number of amides is 2. The minimum absolute atomic E-state index is 0.0739. The fourth-order valence-electron chi connectivity index (χ4n) is 5.44. The molecule has 2 N–H and O–H groups in total. The molecule has 6 rings (SSSR count). The molecule has 2 aromatic carbocycles. The molecule has 4 heterocycles. The molecule has 2 aliphatic rings. The molecular formula is C28H28ClF3N12O. The number of hydrogen-bond donors (Lipinski definition) is 2. The van der Waals surface area contributed by atoms with Crippen LogP contribution in [0, 0.1) is 6.92 Å². The first kappa shape index (κ1) is 30.2. The summed E-state index contributed by atoms with van der Waals surface area (Å²) >= 11 is 5.72. The van der Waals surface area contributed by atoms with Gasteiger partial charge in [0.05, 0.1) is 16.3 Å². The minimum atomic E-state index is -4.68. The number of urea groups is 1. The highest BCUT2D eigenvalue weighted by Crippen LogP contribution is 2.40. The zero-order valence-corrected chi connectivity index (χ0v) is 25.1. The zero-order valence-electron chi connectivity index (χ0n) is 24.4. The fraction of sp³-hybridized carbons (Fsp3) is 0.321. The number of piperidine rings is 1. The van der Waals surface area contributed by atoms with Gasteiger partial charge in [-0.3, -0.25) is 0 Å². The summed E-state index contributed by atoms with van der Waals surface area (Å²) in [7, 11) is 4.09. The molecule has 2 amide bonds. The van der Waals surface area contributed by atoms with Gasteiger partial charge in [-0.15, -0.1) is 0 Å². The largest absolute Gasteiger partial charge is 0.417 e. The van der Waals surface area contributed by atoms with Crippen LogP contribution in [0.25, 0.3) is 0 Å². The van der Waals surface area contributed by atoms with E-state index >= 15 is 0 Å². The van der Waals surface area contributed by atoms with E-state index in [1.54, 1.807) is 23.2 Å². The Morgan fingerprint density at radius 2 is 1.67 bits per heavy atom. The van der Waals surface area contributed by atoms with Crippen molar-refractivity contribution in [2.75, 3.05) is 46.2 Å². The number of aromatic nitrogens is 6. The predicted molar refractivity (Wildman–Crippen MR) is 162 cm³/mol. The number of anilines is 6. The number of halogens is 4. The van der Waals surface area contributed by atoms with Gasteiger partial charge in [0.15, 0.2) is 0 Å². The normalized spacial score (nSPS) is 17.6. The molecule has 13 nitrogen and oxygen atoms in total. The van der Waals surface area contributed by atoms with Crippen molar-refractivity contribution in [1.29, 1.82) is 0 Å². The molecular weight excluding hydrogens is 613 g/mol. The lowest BCUT2D eigenvalue weighted by Crippen LogP contribution is -2.63. The van der Waals surface area contributed by atoms with Gasteiger partial charge < -0.3 is 20.4 Å². The first-order valence-electron chi connectivity index (χ1n) is 13.9. The highest BCUT2D eigenvalue weighted by Gasteiger charge is 2.43. The molecule has 0 saturated carbocycles. The van der Waals surface area contributed by atoms with Crippen LogP contribution in [0.15, 0.2) is 55.4 Å². The SMILES string of the molecule is Cc1ccc(NC(=O)Nc2ccc(Cl)c(C(F)(F)F)c2)cc1N(c1ncncn1)N1c2ncnc(n2)N2CCC(N(C)C)CC21. The van der Waals surface area contributed by atoms with Crippen LogP contribution in [-0.2, 0) is 6.18 Å². The fourth-order valence-corrected chi connectivity index (χ4v) is 5.66. The molecule has 0 radical (unpaired) electrons. The molecule has 2 atom stereocenters. The summed E-state index contributed by atoms with van der Waals surface area (Å²) in [6.07, 6.45) is 0.929. The van der Waals surface area contributed by atoms with Gasteiger partial charge in [0.25, 0.3) is 11.9 Å². The zero-order chi connectivity index (χ0) is 31.9. The second-order valence-electron chi connectivity index (χ2n) is 10.8. The van der Waals surface area contributed by atoms with Gasteiger partial charge in [-0.2, -0.15) is 33.1 Å². The van der Waals surface area contributed by atoms with Crippen molar-refractivity contribution in [3.05, 3.63) is 71.5 Å². The summed E-state index contributed by atoms with van der Waals surface area (Å²) < 4.78 is 40.0. The topological polar surface area (TPSA) is 131 Å². The van der Waals surface area contributed by atoms with Gasteiger partial charge in [-0.25, -0.2) is 24.8 Å². The van der Waals surface area contributed by atoms with Crippen LogP contribution >= 0.6 is 11.6 Å². The van der Waals surface area contributed by atoms with Gasteiger partial charge in [-0.05, 0) is 63.3 Å². The van der Waals surface area contributed by atoms with Crippen molar-refractivity contribution in [3.8, 4) is 0 Å². The maximum Gasteiger partial charge on any atom is 0.417 e. The van der Waals surface area contributed by atoms with Gasteiger partial charge in [0.1, 0.15) is 25.1 Å². The monoisotopic (exact) mass is 640 g/mol. The number of alkyl halides is 3. The number of hydrogen-bond acceptors (Lipinski definition) is 11. The van der Waals surface area contributed by atoms with Crippen molar-refractivity contribution in [1.82, 2.24) is 34.8 Å². The Morgan fingerprint density at radius 1 is 0.978 bits per heavy atom. The van der Waals surface area contributed by atoms with Crippen molar-refractivity contribution >= 4 is 52.5 Å². The molecule has 2 bridgehead atoms. The smallest absolute Gasteiger partial charge is 0.318 e. The maximum absolute atomic E-state index is 13.3. The highest BCUT2D eigenvalue weighted by molar-refractivity contribution is 6.31. The van der Waals surface area contributed by atoms with Gasteiger partial charge in [0.2, 0.25) is 5.95 Å². The van der Waals surface area contributed by atoms with Gasteiger partial charge in [-0.1, -0.05) is 17.7 Å². The van der Waals surface area contributed by atoms with Crippen LogP contribution < -0.4 is 25.6 Å². The minimum Gasteiger partial charge on any atom is -0.318 e. The number of fused-ring (bicyclic) bond motifs is 4. The Bertz CT molecular complexity index is 1710. The second kappa shape index (κ2) is 11.9. The Kier molecular flexibility index (Phi) is 8.01. The Morgan fingerprint density at radius 3 is 2.38 bits per heavy atom. The lowest BCUT2D eigenvalue weighted by molar-refractivity contribution is -0.137. The molecule has 2 aromatic heterocycles. The summed E-state index contributed by atoms with van der Waals surface area (Å²) in [5, 5.41) is 8.37. The third kappa shape index (κ3) is 6.10. The van der Waals surface area contributed by atoms with Gasteiger partial charge >= 0.3 is 12.2 Å². The van der Waals surface area contributed by atoms with E-state index in [-0.39, 0.29) is 23.8 Å². The standard InChI is InChI=1S/C28H28ClF3N12O/c1-16-4-5-18(39-27(45)38-17-6-7-21(29)20(10-17)28(30,31)32)11-22(16)43(24-34-13-33-14-35-24)44-23-12-19(41(2)3)8-9-42(23)25-36-15-37-26(44)40-25/h4-7,10-11,13-15,19,23H,8-9,12H2,1-3H3,(H2,38,39,45). The van der Waals surface area contributed by atoms with E-state index in [0.29, 0.717) is 29.8 Å². The average Bonchev–Trinajstić information content (AvgIpc) is 3.01. The van der Waals surface area contributed by atoms with E-state index in [1.165, 1.54) is 25.0 Å². The number of carbonyl (C=O) groups excluding carboxylic acids is 1. The number of rotatable bonds is 6. The van der Waals surface area contributed by atoms with E-state index in [1.807, 2.05) is 26.0 Å². The molecule has 2 aliphatic heterocycles. The molecule has 234 valence electrons. The number of benzene rings is 2. The van der Waals surface area contributed by atoms with Crippen LogP contribution in [0.4, 0.5) is 52.9 Å². The Labute approximate surface area is 261 Å². The van der Waals surface area contributed by atoms with E-state index in [2.05, 4.69) is 45.4 Å². The number of aryl methyl sites for hydroxylation is 1.